The van der Waals surface area contributed by atoms with E-state index in [9.17, 15) is 17.6 Å². The second-order valence-electron chi connectivity index (χ2n) is 9.61. The first-order valence-corrected chi connectivity index (χ1v) is 13.9. The fraction of sp³-hybridized carbons (Fsp3) is 0.407. The zero-order valence-electron chi connectivity index (χ0n) is 20.6. The Kier molecular flexibility index (Phi) is 8.21. The highest BCUT2D eigenvalue weighted by atomic mass is 32.2. The zero-order chi connectivity index (χ0) is 25.7. The van der Waals surface area contributed by atoms with Crippen LogP contribution in [-0.2, 0) is 33.4 Å². The van der Waals surface area contributed by atoms with Gasteiger partial charge in [0.1, 0.15) is 5.82 Å². The molecule has 36 heavy (non-hydrogen) atoms. The van der Waals surface area contributed by atoms with Crippen LogP contribution in [0.5, 0.6) is 0 Å². The maximum atomic E-state index is 13.9. The molecule has 2 aromatic carbocycles. The molecule has 1 atom stereocenters. The van der Waals surface area contributed by atoms with Gasteiger partial charge in [-0.05, 0) is 42.5 Å². The van der Waals surface area contributed by atoms with E-state index in [4.69, 9.17) is 4.74 Å². The van der Waals surface area contributed by atoms with E-state index >= 15 is 0 Å². The molecule has 2 heterocycles. The van der Waals surface area contributed by atoms with Gasteiger partial charge in [-0.25, -0.2) is 17.8 Å². The number of aromatic nitrogens is 2. The van der Waals surface area contributed by atoms with Crippen LogP contribution >= 0.6 is 0 Å². The highest BCUT2D eigenvalue weighted by molar-refractivity contribution is 7.90. The van der Waals surface area contributed by atoms with Gasteiger partial charge >= 0.3 is 0 Å². The summed E-state index contributed by atoms with van der Waals surface area (Å²) in [5.74, 6) is -0.841. The van der Waals surface area contributed by atoms with Crippen LogP contribution in [0.15, 0.2) is 66.0 Å². The molecule has 1 aromatic heterocycles. The van der Waals surface area contributed by atoms with Gasteiger partial charge in [-0.2, -0.15) is 0 Å². The molecule has 1 aliphatic rings. The number of halogens is 1. The van der Waals surface area contributed by atoms with Crippen molar-refractivity contribution in [2.45, 2.75) is 56.8 Å². The van der Waals surface area contributed by atoms with Crippen molar-refractivity contribution in [3.63, 3.8) is 0 Å². The number of rotatable bonds is 10. The van der Waals surface area contributed by atoms with Crippen molar-refractivity contribution in [2.75, 3.05) is 13.2 Å². The largest absolute Gasteiger partial charge is 0.376 e. The molecule has 7 nitrogen and oxygen atoms in total. The normalized spacial score (nSPS) is 15.9. The molecular formula is C27H32FN3O4S. The number of carbonyl (C=O) groups excluding carboxylic acids is 1. The Morgan fingerprint density at radius 2 is 1.97 bits per heavy atom. The lowest BCUT2D eigenvalue weighted by Crippen LogP contribution is -2.37. The third kappa shape index (κ3) is 6.39. The molecule has 9 heteroatoms. The molecule has 0 bridgehead atoms. The smallest absolute Gasteiger partial charge is 0.254 e. The molecular weight excluding hydrogens is 481 g/mol. The number of hydrogen-bond acceptors (Lipinski definition) is 5. The molecule has 192 valence electrons. The van der Waals surface area contributed by atoms with E-state index in [0.717, 1.165) is 12.8 Å². The van der Waals surface area contributed by atoms with Gasteiger partial charge in [-0.3, -0.25) is 4.79 Å². The van der Waals surface area contributed by atoms with Gasteiger partial charge in [0.15, 0.2) is 0 Å². The molecule has 4 rings (SSSR count). The first kappa shape index (κ1) is 26.0. The Morgan fingerprint density at radius 1 is 1.19 bits per heavy atom. The maximum absolute atomic E-state index is 13.9. The number of ether oxygens (including phenoxy) is 1. The van der Waals surface area contributed by atoms with Crippen molar-refractivity contribution >= 4 is 15.7 Å². The summed E-state index contributed by atoms with van der Waals surface area (Å²) in [5.41, 5.74) is 1.53. The quantitative estimate of drug-likeness (QED) is 0.400. The van der Waals surface area contributed by atoms with Crippen molar-refractivity contribution in [3.05, 3.63) is 83.4 Å². The second-order valence-corrected chi connectivity index (χ2v) is 11.5. The molecule has 0 spiro atoms. The van der Waals surface area contributed by atoms with Crippen molar-refractivity contribution in [3.8, 4) is 0 Å². The second kappa shape index (κ2) is 11.3. The average Bonchev–Trinajstić information content (AvgIpc) is 3.49. The number of sulfone groups is 1. The van der Waals surface area contributed by atoms with E-state index < -0.39 is 15.7 Å². The number of benzene rings is 2. The number of nitrogens with zero attached hydrogens (tertiary/aromatic N) is 3. The molecule has 3 aromatic rings. The van der Waals surface area contributed by atoms with Crippen molar-refractivity contribution < 1.29 is 22.3 Å². The van der Waals surface area contributed by atoms with Crippen LogP contribution in [0.3, 0.4) is 0 Å². The molecule has 0 aliphatic carbocycles. The molecule has 0 unspecified atom stereocenters. The fourth-order valence-electron chi connectivity index (χ4n) is 4.44. The third-order valence-corrected chi connectivity index (χ3v) is 7.68. The first-order valence-electron chi connectivity index (χ1n) is 12.2. The van der Waals surface area contributed by atoms with E-state index in [1.54, 1.807) is 39.8 Å². The van der Waals surface area contributed by atoms with Gasteiger partial charge in [-0.15, -0.1) is 0 Å². The summed E-state index contributed by atoms with van der Waals surface area (Å²) in [7, 11) is -3.73. The number of carbonyl (C=O) groups is 1. The van der Waals surface area contributed by atoms with Gasteiger partial charge in [-0.1, -0.05) is 50.2 Å². The minimum atomic E-state index is -3.73. The molecule has 1 aliphatic heterocycles. The highest BCUT2D eigenvalue weighted by Crippen LogP contribution is 2.22. The van der Waals surface area contributed by atoms with Gasteiger partial charge in [0, 0.05) is 25.3 Å². The van der Waals surface area contributed by atoms with E-state index in [0.29, 0.717) is 31.0 Å². The fourth-order valence-corrected chi connectivity index (χ4v) is 5.94. The van der Waals surface area contributed by atoms with Crippen LogP contribution in [-0.4, -0.2) is 48.0 Å². The Balaban J connectivity index is 1.66. The molecule has 1 fully saturated rings. The summed E-state index contributed by atoms with van der Waals surface area (Å²) in [6.07, 6.45) is 3.15. The number of hydrogen-bond donors (Lipinski definition) is 0. The zero-order valence-corrected chi connectivity index (χ0v) is 21.5. The number of amides is 1. The molecule has 0 saturated carbocycles. The van der Waals surface area contributed by atoms with Crippen molar-refractivity contribution in [1.82, 2.24) is 14.5 Å². The van der Waals surface area contributed by atoms with Crippen LogP contribution in [0.25, 0.3) is 0 Å². The lowest BCUT2D eigenvalue weighted by molar-refractivity contribution is 0.0500. The van der Waals surface area contributed by atoms with Gasteiger partial charge in [0.05, 0.1) is 30.3 Å². The van der Waals surface area contributed by atoms with Crippen LogP contribution in [0.4, 0.5) is 4.39 Å². The minimum absolute atomic E-state index is 0.00896. The lowest BCUT2D eigenvalue weighted by Gasteiger charge is -2.26. The van der Waals surface area contributed by atoms with Gasteiger partial charge in [0.25, 0.3) is 5.91 Å². The Hall–Kier alpha value is -3.04. The van der Waals surface area contributed by atoms with Crippen LogP contribution < -0.4 is 0 Å². The van der Waals surface area contributed by atoms with E-state index in [1.165, 1.54) is 24.4 Å². The summed E-state index contributed by atoms with van der Waals surface area (Å²) < 4.78 is 48.0. The molecule has 0 N–H and O–H groups in total. The van der Waals surface area contributed by atoms with Crippen molar-refractivity contribution in [1.29, 1.82) is 0 Å². The Morgan fingerprint density at radius 3 is 2.64 bits per heavy atom. The monoisotopic (exact) mass is 513 g/mol. The standard InChI is InChI=1S/C27H32FN3O4S/c1-20(2)16-31-24(15-29-27(31)36(33,34)19-21-8-4-3-5-9-21)17-30(18-25-12-7-13-35-25)26(32)22-10-6-11-23(28)14-22/h3-6,8-11,14-15,20,25H,7,12-13,16-19H2,1-2H3/t25-/m0/s1. The van der Waals surface area contributed by atoms with E-state index in [1.807, 2.05) is 19.9 Å². The van der Waals surface area contributed by atoms with Crippen LogP contribution in [0.1, 0.15) is 48.3 Å². The topological polar surface area (TPSA) is 81.5 Å². The van der Waals surface area contributed by atoms with E-state index in [-0.39, 0.29) is 40.9 Å². The van der Waals surface area contributed by atoms with Gasteiger partial charge in [0.2, 0.25) is 15.0 Å². The lowest BCUT2D eigenvalue weighted by atomic mass is 10.1. The van der Waals surface area contributed by atoms with Crippen molar-refractivity contribution in [2.24, 2.45) is 5.92 Å². The van der Waals surface area contributed by atoms with Crippen LogP contribution in [0.2, 0.25) is 0 Å². The molecule has 0 radical (unpaired) electrons. The Bertz CT molecular complexity index is 1290. The predicted molar refractivity (Wildman–Crippen MR) is 135 cm³/mol. The third-order valence-electron chi connectivity index (χ3n) is 6.09. The minimum Gasteiger partial charge on any atom is -0.376 e. The predicted octanol–water partition coefficient (Wildman–Crippen LogP) is 4.47. The first-order chi connectivity index (χ1) is 17.2. The number of imidazole rings is 1. The summed E-state index contributed by atoms with van der Waals surface area (Å²) >= 11 is 0. The Labute approximate surface area is 211 Å². The highest BCUT2D eigenvalue weighted by Gasteiger charge is 2.28. The molecule has 1 saturated heterocycles. The SMILES string of the molecule is CC(C)Cn1c(CN(C[C@@H]2CCCO2)C(=O)c2cccc(F)c2)cnc1S(=O)(=O)Cc1ccccc1. The summed E-state index contributed by atoms with van der Waals surface area (Å²) in [5, 5.41) is -0.00896. The summed E-state index contributed by atoms with van der Waals surface area (Å²) in [6, 6.07) is 14.6. The summed E-state index contributed by atoms with van der Waals surface area (Å²) in [6.45, 7) is 5.53. The molecule has 1 amide bonds. The summed E-state index contributed by atoms with van der Waals surface area (Å²) in [4.78, 5) is 19.3. The van der Waals surface area contributed by atoms with Gasteiger partial charge < -0.3 is 14.2 Å². The van der Waals surface area contributed by atoms with Crippen LogP contribution in [0, 0.1) is 11.7 Å². The average molecular weight is 514 g/mol. The maximum Gasteiger partial charge on any atom is 0.254 e. The van der Waals surface area contributed by atoms with E-state index in [2.05, 4.69) is 4.98 Å².